The van der Waals surface area contributed by atoms with Crippen LogP contribution < -0.4 is 5.73 Å². The Morgan fingerprint density at radius 1 is 1.50 bits per heavy atom. The first-order chi connectivity index (χ1) is 5.68. The Labute approximate surface area is 78.9 Å². The van der Waals surface area contributed by atoms with Crippen LogP contribution in [0.1, 0.15) is 23.6 Å². The van der Waals surface area contributed by atoms with Crippen molar-refractivity contribution < 1.29 is 4.39 Å². The second-order valence-electron chi connectivity index (χ2n) is 3.11. The van der Waals surface area contributed by atoms with E-state index in [0.29, 0.717) is 0 Å². The topological polar surface area (TPSA) is 26.0 Å². The third kappa shape index (κ3) is 1.17. The van der Waals surface area contributed by atoms with Crippen molar-refractivity contribution in [2.75, 3.05) is 0 Å². The Bertz CT molecular complexity index is 325. The fourth-order valence-corrected chi connectivity index (χ4v) is 2.48. The van der Waals surface area contributed by atoms with E-state index in [4.69, 9.17) is 5.73 Å². The van der Waals surface area contributed by atoms with Crippen LogP contribution in [0.25, 0.3) is 0 Å². The largest absolute Gasteiger partial charge is 0.324 e. The Hall–Kier alpha value is -0.410. The van der Waals surface area contributed by atoms with Crippen LogP contribution in [-0.4, -0.2) is 0 Å². The number of nitrogens with two attached hydrogens (primary N) is 1. The average molecular weight is 230 g/mol. The molecule has 1 atom stereocenters. The summed E-state index contributed by atoms with van der Waals surface area (Å²) in [7, 11) is 0. The molecule has 0 aromatic heterocycles. The lowest BCUT2D eigenvalue weighted by molar-refractivity contribution is 0.624. The Morgan fingerprint density at radius 3 is 3.00 bits per heavy atom. The summed E-state index contributed by atoms with van der Waals surface area (Å²) < 4.78 is 13.7. The molecular weight excluding hydrogens is 221 g/mol. The predicted molar refractivity (Wildman–Crippen MR) is 49.3 cm³/mol. The molecule has 0 saturated heterocycles. The smallest absolute Gasteiger partial charge is 0.124 e. The molecule has 12 heavy (non-hydrogen) atoms. The summed E-state index contributed by atoms with van der Waals surface area (Å²) in [5.74, 6) is -0.185. The highest BCUT2D eigenvalue weighted by molar-refractivity contribution is 9.10. The molecule has 1 aliphatic rings. The monoisotopic (exact) mass is 229 g/mol. The minimum Gasteiger partial charge on any atom is -0.324 e. The van der Waals surface area contributed by atoms with Gasteiger partial charge in [0.05, 0.1) is 0 Å². The third-order valence-corrected chi connectivity index (χ3v) is 2.93. The minimum absolute atomic E-state index is 0.0787. The summed E-state index contributed by atoms with van der Waals surface area (Å²) in [6, 6.07) is 3.13. The normalized spacial score (nSPS) is 21.1. The summed E-state index contributed by atoms with van der Waals surface area (Å²) >= 11 is 3.32. The standard InChI is InChI=1S/C9H9BrFN/c10-7-4-6(11)3-5-1-2-8(12)9(5)7/h3-4,8H,1-2,12H2. The molecule has 2 rings (SSSR count). The molecule has 3 heteroatoms. The van der Waals surface area contributed by atoms with E-state index in [2.05, 4.69) is 15.9 Å². The molecule has 1 nitrogen and oxygen atoms in total. The molecule has 1 aromatic carbocycles. The number of hydrogen-bond acceptors (Lipinski definition) is 1. The van der Waals surface area contributed by atoms with Crippen LogP contribution >= 0.6 is 15.9 Å². The van der Waals surface area contributed by atoms with Crippen molar-refractivity contribution in [2.24, 2.45) is 5.73 Å². The van der Waals surface area contributed by atoms with Crippen molar-refractivity contribution in [1.29, 1.82) is 0 Å². The van der Waals surface area contributed by atoms with Crippen LogP contribution in [0.2, 0.25) is 0 Å². The first kappa shape index (κ1) is 8.20. The maximum atomic E-state index is 12.9. The van der Waals surface area contributed by atoms with E-state index in [0.717, 1.165) is 28.4 Å². The summed E-state index contributed by atoms with van der Waals surface area (Å²) in [5.41, 5.74) is 7.98. The van der Waals surface area contributed by atoms with Crippen LogP contribution in [0.4, 0.5) is 4.39 Å². The summed E-state index contributed by atoms with van der Waals surface area (Å²) in [5, 5.41) is 0. The molecule has 0 fully saturated rings. The van der Waals surface area contributed by atoms with Gasteiger partial charge < -0.3 is 5.73 Å². The lowest BCUT2D eigenvalue weighted by Gasteiger charge is -2.06. The number of hydrogen-bond donors (Lipinski definition) is 1. The molecule has 0 aliphatic heterocycles. The quantitative estimate of drug-likeness (QED) is 0.728. The Morgan fingerprint density at radius 2 is 2.25 bits per heavy atom. The molecule has 64 valence electrons. The highest BCUT2D eigenvalue weighted by atomic mass is 79.9. The van der Waals surface area contributed by atoms with Gasteiger partial charge in [0.15, 0.2) is 0 Å². The third-order valence-electron chi connectivity index (χ3n) is 2.28. The fourth-order valence-electron chi connectivity index (χ4n) is 1.72. The van der Waals surface area contributed by atoms with Crippen molar-refractivity contribution >= 4 is 15.9 Å². The van der Waals surface area contributed by atoms with Crippen molar-refractivity contribution in [3.63, 3.8) is 0 Å². The van der Waals surface area contributed by atoms with Crippen LogP contribution in [0.3, 0.4) is 0 Å². The summed E-state index contributed by atoms with van der Waals surface area (Å²) in [6.45, 7) is 0. The number of halogens is 2. The van der Waals surface area contributed by atoms with Gasteiger partial charge in [0.25, 0.3) is 0 Å². The van der Waals surface area contributed by atoms with Crippen molar-refractivity contribution in [1.82, 2.24) is 0 Å². The molecule has 0 spiro atoms. The molecule has 0 bridgehead atoms. The molecule has 1 aliphatic carbocycles. The number of aryl methyl sites for hydroxylation is 1. The SMILES string of the molecule is NC1CCc2cc(F)cc(Br)c21. The van der Waals surface area contributed by atoms with Gasteiger partial charge in [-0.15, -0.1) is 0 Å². The lowest BCUT2D eigenvalue weighted by Crippen LogP contribution is -2.06. The van der Waals surface area contributed by atoms with Crippen molar-refractivity contribution in [3.05, 3.63) is 33.5 Å². The van der Waals surface area contributed by atoms with Crippen molar-refractivity contribution in [3.8, 4) is 0 Å². The first-order valence-electron chi connectivity index (χ1n) is 3.92. The van der Waals surface area contributed by atoms with Gasteiger partial charge in [-0.2, -0.15) is 0 Å². The van der Waals surface area contributed by atoms with Gasteiger partial charge >= 0.3 is 0 Å². The Balaban J connectivity index is 2.60. The van der Waals surface area contributed by atoms with Gasteiger partial charge in [0.1, 0.15) is 5.82 Å². The second kappa shape index (κ2) is 2.82. The van der Waals surface area contributed by atoms with Crippen LogP contribution in [-0.2, 0) is 6.42 Å². The fraction of sp³-hybridized carbons (Fsp3) is 0.333. The van der Waals surface area contributed by atoms with Crippen LogP contribution in [0.5, 0.6) is 0 Å². The van der Waals surface area contributed by atoms with Crippen LogP contribution in [0.15, 0.2) is 16.6 Å². The van der Waals surface area contributed by atoms with Gasteiger partial charge in [-0.1, -0.05) is 15.9 Å². The molecule has 1 unspecified atom stereocenters. The van der Waals surface area contributed by atoms with Gasteiger partial charge in [-0.3, -0.25) is 0 Å². The number of rotatable bonds is 0. The summed E-state index contributed by atoms with van der Waals surface area (Å²) in [6.07, 6.45) is 1.82. The predicted octanol–water partition coefficient (Wildman–Crippen LogP) is 2.53. The zero-order valence-electron chi connectivity index (χ0n) is 6.48. The molecule has 0 amide bonds. The van der Waals surface area contributed by atoms with Gasteiger partial charge in [0.2, 0.25) is 0 Å². The van der Waals surface area contributed by atoms with Gasteiger partial charge in [0, 0.05) is 10.5 Å². The lowest BCUT2D eigenvalue weighted by atomic mass is 10.1. The van der Waals surface area contributed by atoms with Gasteiger partial charge in [-0.05, 0) is 36.1 Å². The molecule has 0 radical (unpaired) electrons. The van der Waals surface area contributed by atoms with Crippen LogP contribution in [0, 0.1) is 5.82 Å². The maximum Gasteiger partial charge on any atom is 0.124 e. The zero-order chi connectivity index (χ0) is 8.72. The number of benzene rings is 1. The van der Waals surface area contributed by atoms with E-state index in [1.165, 1.54) is 6.07 Å². The zero-order valence-corrected chi connectivity index (χ0v) is 8.07. The second-order valence-corrected chi connectivity index (χ2v) is 3.96. The van der Waals surface area contributed by atoms with E-state index < -0.39 is 0 Å². The molecular formula is C9H9BrFN. The molecule has 0 saturated carbocycles. The molecule has 0 heterocycles. The van der Waals surface area contributed by atoms with Gasteiger partial charge in [-0.25, -0.2) is 4.39 Å². The summed E-state index contributed by atoms with van der Waals surface area (Å²) in [4.78, 5) is 0. The van der Waals surface area contributed by atoms with E-state index in [1.807, 2.05) is 0 Å². The highest BCUT2D eigenvalue weighted by Crippen LogP contribution is 2.35. The molecule has 2 N–H and O–H groups in total. The first-order valence-corrected chi connectivity index (χ1v) is 4.71. The van der Waals surface area contributed by atoms with E-state index >= 15 is 0 Å². The maximum absolute atomic E-state index is 12.9. The average Bonchev–Trinajstić information content (AvgIpc) is 2.31. The minimum atomic E-state index is -0.185. The van der Waals surface area contributed by atoms with E-state index in [1.54, 1.807) is 6.07 Å². The van der Waals surface area contributed by atoms with Crippen molar-refractivity contribution in [2.45, 2.75) is 18.9 Å². The van der Waals surface area contributed by atoms with E-state index in [-0.39, 0.29) is 11.9 Å². The highest BCUT2D eigenvalue weighted by Gasteiger charge is 2.22. The number of fused-ring (bicyclic) bond motifs is 1. The van der Waals surface area contributed by atoms with E-state index in [9.17, 15) is 4.39 Å². The molecule has 1 aromatic rings. The Kier molecular flexibility index (Phi) is 1.93.